The smallest absolute Gasteiger partial charge is 0.255 e. The molecule has 1 aromatic heterocycles. The zero-order valence-electron chi connectivity index (χ0n) is 11.6. The summed E-state index contributed by atoms with van der Waals surface area (Å²) in [7, 11) is 0. The van der Waals surface area contributed by atoms with Gasteiger partial charge in [0, 0.05) is 16.6 Å². The first-order valence-electron chi connectivity index (χ1n) is 6.98. The highest BCUT2D eigenvalue weighted by Crippen LogP contribution is 2.30. The molecule has 0 radical (unpaired) electrons. The van der Waals surface area contributed by atoms with Gasteiger partial charge in [-0.15, -0.1) is 11.3 Å². The number of hydrogen-bond acceptors (Lipinski definition) is 4. The summed E-state index contributed by atoms with van der Waals surface area (Å²) in [5.41, 5.74) is 3.51. The Morgan fingerprint density at radius 1 is 0.955 bits per heavy atom. The largest absolute Gasteiger partial charge is 0.359 e. The average Bonchev–Trinajstić information content (AvgIpc) is 3.06. The quantitative estimate of drug-likeness (QED) is 0.759. The van der Waals surface area contributed by atoms with Gasteiger partial charge in [-0.25, -0.2) is 4.98 Å². The summed E-state index contributed by atoms with van der Waals surface area (Å²) < 4.78 is 0. The van der Waals surface area contributed by atoms with Crippen LogP contribution in [-0.4, -0.2) is 10.9 Å². The maximum absolute atomic E-state index is 12.2. The monoisotopic (exact) mass is 307 g/mol. The number of carbonyl (C=O) groups excluding carboxylic acids is 1. The fourth-order valence-electron chi connectivity index (χ4n) is 2.49. The maximum Gasteiger partial charge on any atom is 0.255 e. The van der Waals surface area contributed by atoms with Gasteiger partial charge in [-0.05, 0) is 12.1 Å². The third-order valence-corrected chi connectivity index (χ3v) is 4.50. The molecule has 2 aromatic carbocycles. The van der Waals surface area contributed by atoms with Crippen molar-refractivity contribution in [1.82, 2.24) is 10.3 Å². The Balaban J connectivity index is 1.64. The number of aromatic nitrogens is 1. The highest BCUT2D eigenvalue weighted by molar-refractivity contribution is 7.10. The molecule has 3 aromatic rings. The van der Waals surface area contributed by atoms with Gasteiger partial charge in [-0.3, -0.25) is 4.79 Å². The number of rotatable bonds is 2. The lowest BCUT2D eigenvalue weighted by Gasteiger charge is -2.26. The first kappa shape index (κ1) is 13.0. The minimum atomic E-state index is -0.287. The van der Waals surface area contributed by atoms with Gasteiger partial charge in [0.2, 0.25) is 0 Å². The van der Waals surface area contributed by atoms with Gasteiger partial charge in [0.25, 0.3) is 5.91 Å². The molecule has 1 aliphatic heterocycles. The van der Waals surface area contributed by atoms with Crippen LogP contribution < -0.4 is 10.6 Å². The van der Waals surface area contributed by atoms with E-state index in [0.717, 1.165) is 22.0 Å². The van der Waals surface area contributed by atoms with Gasteiger partial charge >= 0.3 is 0 Å². The Labute approximate surface area is 131 Å². The van der Waals surface area contributed by atoms with Crippen LogP contribution in [-0.2, 0) is 0 Å². The summed E-state index contributed by atoms with van der Waals surface area (Å²) in [6.45, 7) is 0. The molecule has 0 saturated heterocycles. The molecule has 5 heteroatoms. The van der Waals surface area contributed by atoms with Crippen LogP contribution in [0.5, 0.6) is 0 Å². The van der Waals surface area contributed by atoms with E-state index in [0.29, 0.717) is 5.56 Å². The van der Waals surface area contributed by atoms with Crippen LogP contribution >= 0.6 is 11.3 Å². The number of para-hydroxylation sites is 1. The molecule has 22 heavy (non-hydrogen) atoms. The zero-order chi connectivity index (χ0) is 14.9. The molecule has 0 saturated carbocycles. The number of benzene rings is 2. The number of hydrogen-bond donors (Lipinski definition) is 2. The van der Waals surface area contributed by atoms with Gasteiger partial charge in [-0.1, -0.05) is 42.5 Å². The van der Waals surface area contributed by atoms with Crippen LogP contribution in [0.2, 0.25) is 0 Å². The fraction of sp³-hybridized carbons (Fsp3) is 0.0588. The van der Waals surface area contributed by atoms with Crippen molar-refractivity contribution in [1.29, 1.82) is 0 Å². The van der Waals surface area contributed by atoms with Crippen molar-refractivity contribution in [2.45, 2.75) is 6.17 Å². The highest BCUT2D eigenvalue weighted by Gasteiger charge is 2.26. The van der Waals surface area contributed by atoms with E-state index in [1.807, 2.05) is 60.0 Å². The van der Waals surface area contributed by atoms with E-state index in [4.69, 9.17) is 0 Å². The van der Waals surface area contributed by atoms with Crippen LogP contribution in [0, 0.1) is 0 Å². The molecule has 1 aliphatic rings. The van der Waals surface area contributed by atoms with Crippen LogP contribution in [0.3, 0.4) is 0 Å². The maximum atomic E-state index is 12.2. The molecule has 108 valence electrons. The second-order valence-electron chi connectivity index (χ2n) is 5.03. The molecule has 2 heterocycles. The number of fused-ring (bicyclic) bond motifs is 1. The predicted octanol–water partition coefficient (Wildman–Crippen LogP) is 3.66. The summed E-state index contributed by atoms with van der Waals surface area (Å²) >= 11 is 1.54. The van der Waals surface area contributed by atoms with Gasteiger partial charge in [0.05, 0.1) is 11.3 Å². The van der Waals surface area contributed by atoms with Gasteiger partial charge in [0.15, 0.2) is 6.17 Å². The second kappa shape index (κ2) is 5.27. The Kier molecular flexibility index (Phi) is 3.12. The van der Waals surface area contributed by atoms with Crippen molar-refractivity contribution >= 4 is 22.9 Å². The Morgan fingerprint density at radius 2 is 1.73 bits per heavy atom. The standard InChI is InChI=1S/C17H13N3OS/c21-16-12-8-4-5-9-13(12)18-15(20-16)17-19-14(10-22-17)11-6-2-1-3-7-11/h1-10,15,18H,(H,20,21)/t15-/m0/s1. The Hall–Kier alpha value is -2.66. The van der Waals surface area contributed by atoms with Crippen molar-refractivity contribution in [2.75, 3.05) is 5.32 Å². The zero-order valence-corrected chi connectivity index (χ0v) is 12.4. The van der Waals surface area contributed by atoms with E-state index in [2.05, 4.69) is 15.6 Å². The highest BCUT2D eigenvalue weighted by atomic mass is 32.1. The molecule has 4 rings (SSSR count). The summed E-state index contributed by atoms with van der Waals surface area (Å²) in [4.78, 5) is 16.8. The lowest BCUT2D eigenvalue weighted by atomic mass is 10.1. The van der Waals surface area contributed by atoms with E-state index >= 15 is 0 Å². The van der Waals surface area contributed by atoms with Crippen molar-refractivity contribution in [3.8, 4) is 11.3 Å². The SMILES string of the molecule is O=C1N[C@@H](c2nc(-c3ccccc3)cs2)Nc2ccccc21. The van der Waals surface area contributed by atoms with Crippen molar-refractivity contribution < 1.29 is 4.79 Å². The van der Waals surface area contributed by atoms with Crippen LogP contribution in [0.4, 0.5) is 5.69 Å². The van der Waals surface area contributed by atoms with E-state index in [-0.39, 0.29) is 12.1 Å². The molecule has 0 unspecified atom stereocenters. The lowest BCUT2D eigenvalue weighted by molar-refractivity contribution is 0.0935. The third kappa shape index (κ3) is 2.25. The Bertz CT molecular complexity index is 829. The fourth-order valence-corrected chi connectivity index (χ4v) is 3.32. The molecular formula is C17H13N3OS. The molecule has 0 spiro atoms. The summed E-state index contributed by atoms with van der Waals surface area (Å²) in [5.74, 6) is -0.0733. The number of amides is 1. The van der Waals surface area contributed by atoms with Crippen molar-refractivity contribution in [3.05, 3.63) is 70.5 Å². The summed E-state index contributed by atoms with van der Waals surface area (Å²) in [6.07, 6.45) is -0.287. The third-order valence-electron chi connectivity index (χ3n) is 3.59. The van der Waals surface area contributed by atoms with Gasteiger partial charge in [-0.2, -0.15) is 0 Å². The van der Waals surface area contributed by atoms with Crippen LogP contribution in [0.25, 0.3) is 11.3 Å². The predicted molar refractivity (Wildman–Crippen MR) is 87.8 cm³/mol. The first-order chi connectivity index (χ1) is 10.8. The summed E-state index contributed by atoms with van der Waals surface area (Å²) in [6, 6.07) is 17.5. The lowest BCUT2D eigenvalue weighted by Crippen LogP contribution is -2.38. The van der Waals surface area contributed by atoms with Crippen molar-refractivity contribution in [2.24, 2.45) is 0 Å². The van der Waals surface area contributed by atoms with E-state index in [1.54, 1.807) is 0 Å². The average molecular weight is 307 g/mol. The van der Waals surface area contributed by atoms with E-state index < -0.39 is 0 Å². The Morgan fingerprint density at radius 3 is 2.59 bits per heavy atom. The first-order valence-corrected chi connectivity index (χ1v) is 7.86. The minimum absolute atomic E-state index is 0.0733. The topological polar surface area (TPSA) is 54.0 Å². The van der Waals surface area contributed by atoms with Crippen LogP contribution in [0.1, 0.15) is 21.5 Å². The number of anilines is 1. The summed E-state index contributed by atoms with van der Waals surface area (Å²) in [5, 5.41) is 9.14. The number of nitrogens with one attached hydrogen (secondary N) is 2. The molecule has 0 aliphatic carbocycles. The molecule has 4 nitrogen and oxygen atoms in total. The van der Waals surface area contributed by atoms with Gasteiger partial charge in [0.1, 0.15) is 5.01 Å². The normalized spacial score (nSPS) is 16.5. The molecule has 0 bridgehead atoms. The van der Waals surface area contributed by atoms with Crippen molar-refractivity contribution in [3.63, 3.8) is 0 Å². The number of nitrogens with zero attached hydrogens (tertiary/aromatic N) is 1. The van der Waals surface area contributed by atoms with E-state index in [9.17, 15) is 4.79 Å². The molecular weight excluding hydrogens is 294 g/mol. The number of thiazole rings is 1. The molecule has 0 fully saturated rings. The van der Waals surface area contributed by atoms with E-state index in [1.165, 1.54) is 11.3 Å². The molecule has 1 amide bonds. The number of carbonyl (C=O) groups is 1. The molecule has 2 N–H and O–H groups in total. The minimum Gasteiger partial charge on any atom is -0.359 e. The van der Waals surface area contributed by atoms with Gasteiger partial charge < -0.3 is 10.6 Å². The van der Waals surface area contributed by atoms with Crippen LogP contribution in [0.15, 0.2) is 60.0 Å². The second-order valence-corrected chi connectivity index (χ2v) is 5.92. The molecule has 1 atom stereocenters.